The summed E-state index contributed by atoms with van der Waals surface area (Å²) in [7, 11) is 0. The molecule has 1 heterocycles. The molecule has 1 atom stereocenters. The smallest absolute Gasteiger partial charge is 0.217 e. The number of carbonyl (C=O) groups is 1. The normalized spacial score (nSPS) is 12.6. The van der Waals surface area contributed by atoms with Crippen LogP contribution < -0.4 is 11.1 Å². The maximum Gasteiger partial charge on any atom is 0.217 e. The second-order valence-corrected chi connectivity index (χ2v) is 5.63. The molecule has 3 nitrogen and oxygen atoms in total. The van der Waals surface area contributed by atoms with Crippen LogP contribution in [0.4, 0.5) is 0 Å². The Morgan fingerprint density at radius 2 is 2.38 bits per heavy atom. The van der Waals surface area contributed by atoms with Gasteiger partial charge >= 0.3 is 0 Å². The number of amides is 1. The van der Waals surface area contributed by atoms with Gasteiger partial charge < -0.3 is 11.1 Å². The quantitative estimate of drug-likeness (QED) is 0.761. The molecule has 0 aliphatic carbocycles. The van der Waals surface area contributed by atoms with Crippen LogP contribution in [0.25, 0.3) is 0 Å². The van der Waals surface area contributed by atoms with Gasteiger partial charge in [-0.15, -0.1) is 11.3 Å². The number of unbranched alkanes of at least 4 members (excludes halogenated alkanes) is 1. The van der Waals surface area contributed by atoms with Crippen molar-refractivity contribution in [2.75, 3.05) is 6.54 Å². The molecule has 0 radical (unpaired) electrons. The lowest BCUT2D eigenvalue weighted by atomic mass is 10.2. The van der Waals surface area contributed by atoms with E-state index in [1.54, 1.807) is 11.3 Å². The SMILES string of the molecule is CC(NCCCCC(N)=O)c1cc(Br)cs1. The minimum absolute atomic E-state index is 0.213. The van der Waals surface area contributed by atoms with Crippen molar-refractivity contribution >= 4 is 33.2 Å². The third-order valence-electron chi connectivity index (χ3n) is 2.31. The van der Waals surface area contributed by atoms with Crippen LogP contribution in [-0.4, -0.2) is 12.5 Å². The molecular formula is C11H17BrN2OS. The van der Waals surface area contributed by atoms with E-state index >= 15 is 0 Å². The first-order valence-electron chi connectivity index (χ1n) is 5.35. The summed E-state index contributed by atoms with van der Waals surface area (Å²) >= 11 is 5.18. The van der Waals surface area contributed by atoms with Gasteiger partial charge in [0.25, 0.3) is 0 Å². The van der Waals surface area contributed by atoms with Crippen molar-refractivity contribution in [3.05, 3.63) is 20.8 Å². The molecule has 1 rings (SSSR count). The predicted octanol–water partition coefficient (Wildman–Crippen LogP) is 2.82. The Hall–Kier alpha value is -0.390. The molecule has 0 saturated heterocycles. The molecule has 5 heteroatoms. The Morgan fingerprint density at radius 3 is 2.94 bits per heavy atom. The maximum absolute atomic E-state index is 10.5. The van der Waals surface area contributed by atoms with Crippen molar-refractivity contribution in [3.8, 4) is 0 Å². The van der Waals surface area contributed by atoms with Gasteiger partial charge in [0.1, 0.15) is 0 Å². The number of rotatable bonds is 7. The molecule has 1 aromatic heterocycles. The van der Waals surface area contributed by atoms with Gasteiger partial charge in [-0.05, 0) is 48.3 Å². The molecule has 0 aromatic carbocycles. The highest BCUT2D eigenvalue weighted by atomic mass is 79.9. The molecule has 1 amide bonds. The predicted molar refractivity (Wildman–Crippen MR) is 71.5 cm³/mol. The van der Waals surface area contributed by atoms with Gasteiger partial charge in [0, 0.05) is 27.2 Å². The van der Waals surface area contributed by atoms with E-state index in [1.165, 1.54) is 4.88 Å². The monoisotopic (exact) mass is 304 g/mol. The van der Waals surface area contributed by atoms with E-state index in [2.05, 4.69) is 39.6 Å². The van der Waals surface area contributed by atoms with Gasteiger partial charge in [0.15, 0.2) is 0 Å². The van der Waals surface area contributed by atoms with Crippen LogP contribution in [0.5, 0.6) is 0 Å². The highest BCUT2D eigenvalue weighted by Crippen LogP contribution is 2.25. The summed E-state index contributed by atoms with van der Waals surface area (Å²) in [6, 6.07) is 2.50. The fourth-order valence-corrected chi connectivity index (χ4v) is 2.88. The molecule has 0 bridgehead atoms. The van der Waals surface area contributed by atoms with Crippen molar-refractivity contribution in [1.82, 2.24) is 5.32 Å². The largest absolute Gasteiger partial charge is 0.370 e. The zero-order valence-corrected chi connectivity index (χ0v) is 11.7. The number of nitrogens with one attached hydrogen (secondary N) is 1. The Kier molecular flexibility index (Phi) is 6.01. The molecule has 1 aromatic rings. The number of nitrogens with two attached hydrogens (primary N) is 1. The van der Waals surface area contributed by atoms with E-state index in [9.17, 15) is 4.79 Å². The Bertz CT molecular complexity index is 340. The van der Waals surface area contributed by atoms with E-state index in [1.807, 2.05) is 0 Å². The lowest BCUT2D eigenvalue weighted by Crippen LogP contribution is -2.19. The Morgan fingerprint density at radius 1 is 1.62 bits per heavy atom. The molecule has 16 heavy (non-hydrogen) atoms. The van der Waals surface area contributed by atoms with Crippen LogP contribution in [0, 0.1) is 0 Å². The van der Waals surface area contributed by atoms with Crippen molar-refractivity contribution in [2.24, 2.45) is 5.73 Å². The van der Waals surface area contributed by atoms with Gasteiger partial charge in [0.2, 0.25) is 5.91 Å². The summed E-state index contributed by atoms with van der Waals surface area (Å²) < 4.78 is 1.13. The number of thiophene rings is 1. The number of carbonyl (C=O) groups excluding carboxylic acids is 1. The molecule has 90 valence electrons. The average molecular weight is 305 g/mol. The number of halogens is 1. The molecule has 0 aliphatic heterocycles. The zero-order chi connectivity index (χ0) is 12.0. The molecule has 0 aliphatic rings. The number of primary amides is 1. The third-order valence-corrected chi connectivity index (χ3v) is 4.19. The highest BCUT2D eigenvalue weighted by Gasteiger charge is 2.06. The van der Waals surface area contributed by atoms with Gasteiger partial charge in [-0.1, -0.05) is 0 Å². The van der Waals surface area contributed by atoms with Crippen LogP contribution in [-0.2, 0) is 4.79 Å². The van der Waals surface area contributed by atoms with Crippen molar-refractivity contribution in [3.63, 3.8) is 0 Å². The second-order valence-electron chi connectivity index (χ2n) is 3.77. The van der Waals surface area contributed by atoms with Crippen LogP contribution in [0.1, 0.15) is 37.1 Å². The Labute approximate surface area is 109 Å². The maximum atomic E-state index is 10.5. The lowest BCUT2D eigenvalue weighted by Gasteiger charge is -2.11. The van der Waals surface area contributed by atoms with Crippen LogP contribution in [0.15, 0.2) is 15.9 Å². The second kappa shape index (κ2) is 7.04. The summed E-state index contributed by atoms with van der Waals surface area (Å²) in [5.74, 6) is -0.213. The lowest BCUT2D eigenvalue weighted by molar-refractivity contribution is -0.118. The van der Waals surface area contributed by atoms with Crippen molar-refractivity contribution in [1.29, 1.82) is 0 Å². The minimum atomic E-state index is -0.213. The Balaban J connectivity index is 2.15. The molecular weight excluding hydrogens is 288 g/mol. The third kappa shape index (κ3) is 5.09. The van der Waals surface area contributed by atoms with Crippen LogP contribution in [0.2, 0.25) is 0 Å². The van der Waals surface area contributed by atoms with Gasteiger partial charge in [-0.2, -0.15) is 0 Å². The van der Waals surface area contributed by atoms with E-state index in [-0.39, 0.29) is 5.91 Å². The highest BCUT2D eigenvalue weighted by molar-refractivity contribution is 9.10. The van der Waals surface area contributed by atoms with Gasteiger partial charge in [-0.3, -0.25) is 4.79 Å². The fourth-order valence-electron chi connectivity index (χ4n) is 1.40. The van der Waals surface area contributed by atoms with E-state index in [4.69, 9.17) is 5.73 Å². The first kappa shape index (κ1) is 13.7. The van der Waals surface area contributed by atoms with Gasteiger partial charge in [0.05, 0.1) is 0 Å². The summed E-state index contributed by atoms with van der Waals surface area (Å²) in [4.78, 5) is 11.8. The molecule has 1 unspecified atom stereocenters. The average Bonchev–Trinajstić information content (AvgIpc) is 2.63. The minimum Gasteiger partial charge on any atom is -0.370 e. The molecule has 0 saturated carbocycles. The molecule has 3 N–H and O–H groups in total. The first-order valence-corrected chi connectivity index (χ1v) is 7.02. The topological polar surface area (TPSA) is 55.1 Å². The van der Waals surface area contributed by atoms with E-state index < -0.39 is 0 Å². The van der Waals surface area contributed by atoms with Crippen molar-refractivity contribution in [2.45, 2.75) is 32.2 Å². The number of hydrogen-bond donors (Lipinski definition) is 2. The summed E-state index contributed by atoms with van der Waals surface area (Å²) in [6.45, 7) is 3.07. The van der Waals surface area contributed by atoms with E-state index in [0.29, 0.717) is 12.5 Å². The summed E-state index contributed by atoms with van der Waals surface area (Å²) in [5, 5.41) is 5.51. The molecule has 0 spiro atoms. The summed E-state index contributed by atoms with van der Waals surface area (Å²) in [5.41, 5.74) is 5.07. The number of hydrogen-bond acceptors (Lipinski definition) is 3. The fraction of sp³-hybridized carbons (Fsp3) is 0.545. The first-order chi connectivity index (χ1) is 7.59. The summed E-state index contributed by atoms with van der Waals surface area (Å²) in [6.07, 6.45) is 2.34. The van der Waals surface area contributed by atoms with E-state index in [0.717, 1.165) is 23.9 Å². The van der Waals surface area contributed by atoms with Gasteiger partial charge in [-0.25, -0.2) is 0 Å². The zero-order valence-electron chi connectivity index (χ0n) is 9.33. The van der Waals surface area contributed by atoms with Crippen LogP contribution in [0.3, 0.4) is 0 Å². The van der Waals surface area contributed by atoms with Crippen LogP contribution >= 0.6 is 27.3 Å². The standard InChI is InChI=1S/C11H17BrN2OS/c1-8(10-6-9(12)7-16-10)14-5-3-2-4-11(13)15/h6-8,14H,2-5H2,1H3,(H2,13,15). The molecule has 0 fully saturated rings. The van der Waals surface area contributed by atoms with Crippen molar-refractivity contribution < 1.29 is 4.79 Å².